The topological polar surface area (TPSA) is 12.0 Å². The highest BCUT2D eigenvalue weighted by atomic mass is 32.2. The maximum atomic E-state index is 3.63. The molecule has 0 aliphatic carbocycles. The van der Waals surface area contributed by atoms with Gasteiger partial charge in [-0.3, -0.25) is 0 Å². The number of nitrogens with one attached hydrogen (secondary N) is 1. The van der Waals surface area contributed by atoms with Crippen molar-refractivity contribution in [3.63, 3.8) is 0 Å². The van der Waals surface area contributed by atoms with E-state index in [9.17, 15) is 0 Å². The van der Waals surface area contributed by atoms with Crippen molar-refractivity contribution < 1.29 is 0 Å². The summed E-state index contributed by atoms with van der Waals surface area (Å²) in [5.74, 6) is 9.74. The molecule has 1 fully saturated rings. The van der Waals surface area contributed by atoms with E-state index in [0.29, 0.717) is 6.04 Å². The van der Waals surface area contributed by atoms with Crippen molar-refractivity contribution in [2.24, 2.45) is 5.92 Å². The van der Waals surface area contributed by atoms with Crippen molar-refractivity contribution in [1.82, 2.24) is 5.32 Å². The minimum Gasteiger partial charge on any atom is -0.313 e. The van der Waals surface area contributed by atoms with Crippen LogP contribution in [0.2, 0.25) is 0 Å². The molecule has 0 radical (unpaired) electrons. The second-order valence-corrected chi connectivity index (χ2v) is 4.97. The van der Waals surface area contributed by atoms with Gasteiger partial charge in [0.15, 0.2) is 0 Å². The zero-order valence-electron chi connectivity index (χ0n) is 9.31. The second kappa shape index (κ2) is 7.20. The summed E-state index contributed by atoms with van der Waals surface area (Å²) in [6.45, 7) is 5.29. The monoisotopic (exact) mass is 211 g/mol. The van der Waals surface area contributed by atoms with E-state index >= 15 is 0 Å². The largest absolute Gasteiger partial charge is 0.313 e. The second-order valence-electron chi connectivity index (χ2n) is 3.82. The predicted molar refractivity (Wildman–Crippen MR) is 65.6 cm³/mol. The number of rotatable bonds is 5. The van der Waals surface area contributed by atoms with Crippen LogP contribution in [0, 0.1) is 17.8 Å². The minimum atomic E-state index is 0.636. The van der Waals surface area contributed by atoms with Crippen LogP contribution in [-0.4, -0.2) is 24.1 Å². The average molecular weight is 211 g/mol. The average Bonchev–Trinajstić information content (AvgIpc) is 2.71. The number of thioether (sulfide) groups is 1. The molecule has 14 heavy (non-hydrogen) atoms. The molecule has 1 aliphatic rings. The van der Waals surface area contributed by atoms with E-state index in [2.05, 4.69) is 35.8 Å². The van der Waals surface area contributed by atoms with Crippen molar-refractivity contribution in [3.05, 3.63) is 0 Å². The van der Waals surface area contributed by atoms with E-state index in [1.54, 1.807) is 0 Å². The van der Waals surface area contributed by atoms with Crippen LogP contribution in [0.15, 0.2) is 0 Å². The minimum absolute atomic E-state index is 0.636. The molecule has 1 N–H and O–H groups in total. The Balaban J connectivity index is 2.36. The zero-order chi connectivity index (χ0) is 10.2. The van der Waals surface area contributed by atoms with Gasteiger partial charge in [0, 0.05) is 12.5 Å². The van der Waals surface area contributed by atoms with E-state index in [0.717, 1.165) is 18.9 Å². The molecule has 2 unspecified atom stereocenters. The molecule has 0 aromatic carbocycles. The van der Waals surface area contributed by atoms with Crippen LogP contribution >= 0.6 is 11.8 Å². The fourth-order valence-electron chi connectivity index (χ4n) is 1.82. The van der Waals surface area contributed by atoms with Gasteiger partial charge >= 0.3 is 0 Å². The maximum absolute atomic E-state index is 3.63. The summed E-state index contributed by atoms with van der Waals surface area (Å²) in [4.78, 5) is 0. The van der Waals surface area contributed by atoms with Crippen molar-refractivity contribution >= 4 is 11.8 Å². The van der Waals surface area contributed by atoms with Crippen molar-refractivity contribution in [3.8, 4) is 11.8 Å². The smallest absolute Gasteiger partial charge is 0.0246 e. The standard InChI is InChI=1S/C12H21NS/c1-3-5-6-12(13-8-4-2)11-7-9-14-10-11/h11-13H,4,6-10H2,1-2H3. The van der Waals surface area contributed by atoms with Crippen LogP contribution in [0.5, 0.6) is 0 Å². The first-order valence-electron chi connectivity index (χ1n) is 5.59. The van der Waals surface area contributed by atoms with Gasteiger partial charge in [-0.25, -0.2) is 0 Å². The lowest BCUT2D eigenvalue weighted by Crippen LogP contribution is -2.36. The fourth-order valence-corrected chi connectivity index (χ4v) is 3.16. The number of hydrogen-bond acceptors (Lipinski definition) is 2. The molecule has 1 rings (SSSR count). The van der Waals surface area contributed by atoms with E-state index in [-0.39, 0.29) is 0 Å². The summed E-state index contributed by atoms with van der Waals surface area (Å²) in [6, 6.07) is 0.636. The van der Waals surface area contributed by atoms with Gasteiger partial charge in [-0.1, -0.05) is 6.92 Å². The van der Waals surface area contributed by atoms with Crippen LogP contribution in [-0.2, 0) is 0 Å². The van der Waals surface area contributed by atoms with E-state index in [1.807, 2.05) is 6.92 Å². The van der Waals surface area contributed by atoms with E-state index in [1.165, 1.54) is 24.3 Å². The molecule has 1 nitrogen and oxygen atoms in total. The highest BCUT2D eigenvalue weighted by Crippen LogP contribution is 2.27. The zero-order valence-corrected chi connectivity index (χ0v) is 10.1. The van der Waals surface area contributed by atoms with Gasteiger partial charge in [-0.05, 0) is 43.7 Å². The third-order valence-electron chi connectivity index (χ3n) is 2.69. The molecule has 0 bridgehead atoms. The van der Waals surface area contributed by atoms with Crippen LogP contribution in [0.4, 0.5) is 0 Å². The molecule has 80 valence electrons. The fraction of sp³-hybridized carbons (Fsp3) is 0.833. The molecule has 2 atom stereocenters. The molecular weight excluding hydrogens is 190 g/mol. The first-order valence-corrected chi connectivity index (χ1v) is 6.74. The normalized spacial score (nSPS) is 22.9. The molecule has 0 saturated carbocycles. The quantitative estimate of drug-likeness (QED) is 0.701. The Morgan fingerprint density at radius 1 is 1.57 bits per heavy atom. The van der Waals surface area contributed by atoms with Gasteiger partial charge in [-0.2, -0.15) is 11.8 Å². The Morgan fingerprint density at radius 2 is 2.43 bits per heavy atom. The molecule has 2 heteroatoms. The third-order valence-corrected chi connectivity index (χ3v) is 3.88. The van der Waals surface area contributed by atoms with Crippen LogP contribution in [0.3, 0.4) is 0 Å². The molecule has 1 heterocycles. The molecule has 0 amide bonds. The van der Waals surface area contributed by atoms with Gasteiger partial charge in [0.2, 0.25) is 0 Å². The highest BCUT2D eigenvalue weighted by Gasteiger charge is 2.23. The predicted octanol–water partition coefficient (Wildman–Crippen LogP) is 2.52. The van der Waals surface area contributed by atoms with Gasteiger partial charge in [-0.15, -0.1) is 11.8 Å². The molecular formula is C12H21NS. The maximum Gasteiger partial charge on any atom is 0.0246 e. The van der Waals surface area contributed by atoms with Crippen LogP contribution < -0.4 is 5.32 Å². The Kier molecular flexibility index (Phi) is 6.14. The first-order chi connectivity index (χ1) is 6.88. The van der Waals surface area contributed by atoms with Crippen molar-refractivity contribution in [2.75, 3.05) is 18.1 Å². The molecule has 1 aliphatic heterocycles. The summed E-state index contributed by atoms with van der Waals surface area (Å²) in [6.07, 6.45) is 3.62. The summed E-state index contributed by atoms with van der Waals surface area (Å²) in [5, 5.41) is 3.63. The summed E-state index contributed by atoms with van der Waals surface area (Å²) >= 11 is 2.09. The first kappa shape index (κ1) is 11.9. The Hall–Kier alpha value is -0.130. The van der Waals surface area contributed by atoms with Crippen molar-refractivity contribution in [2.45, 2.75) is 39.2 Å². The summed E-state index contributed by atoms with van der Waals surface area (Å²) < 4.78 is 0. The van der Waals surface area contributed by atoms with Gasteiger partial charge < -0.3 is 5.32 Å². The van der Waals surface area contributed by atoms with Crippen LogP contribution in [0.1, 0.15) is 33.1 Å². The lowest BCUT2D eigenvalue weighted by molar-refractivity contribution is 0.388. The Morgan fingerprint density at radius 3 is 3.00 bits per heavy atom. The van der Waals surface area contributed by atoms with Gasteiger partial charge in [0.1, 0.15) is 0 Å². The SMILES string of the molecule is CC#CCC(NCCC)C1CCSC1. The Labute approximate surface area is 92.4 Å². The lowest BCUT2D eigenvalue weighted by Gasteiger charge is -2.22. The highest BCUT2D eigenvalue weighted by molar-refractivity contribution is 7.99. The molecule has 0 aromatic rings. The van der Waals surface area contributed by atoms with E-state index < -0.39 is 0 Å². The third kappa shape index (κ3) is 3.94. The molecule has 1 saturated heterocycles. The molecule has 0 aromatic heterocycles. The Bertz CT molecular complexity index is 198. The van der Waals surface area contributed by atoms with Crippen molar-refractivity contribution in [1.29, 1.82) is 0 Å². The van der Waals surface area contributed by atoms with Crippen LogP contribution in [0.25, 0.3) is 0 Å². The lowest BCUT2D eigenvalue weighted by atomic mass is 9.96. The van der Waals surface area contributed by atoms with Gasteiger partial charge in [0.05, 0.1) is 0 Å². The van der Waals surface area contributed by atoms with E-state index in [4.69, 9.17) is 0 Å². The molecule has 0 spiro atoms. The van der Waals surface area contributed by atoms with Gasteiger partial charge in [0.25, 0.3) is 0 Å². The summed E-state index contributed by atoms with van der Waals surface area (Å²) in [5.41, 5.74) is 0. The number of hydrogen-bond donors (Lipinski definition) is 1. The summed E-state index contributed by atoms with van der Waals surface area (Å²) in [7, 11) is 0.